The van der Waals surface area contributed by atoms with E-state index in [1.54, 1.807) is 12.0 Å². The number of hydrogen-bond acceptors (Lipinski definition) is 7. The van der Waals surface area contributed by atoms with Gasteiger partial charge in [-0.25, -0.2) is 4.39 Å². The van der Waals surface area contributed by atoms with E-state index in [1.807, 2.05) is 24.3 Å². The van der Waals surface area contributed by atoms with E-state index in [2.05, 4.69) is 15.0 Å². The average Bonchev–Trinajstić information content (AvgIpc) is 3.27. The van der Waals surface area contributed by atoms with Crippen LogP contribution in [0.2, 0.25) is 0 Å². The van der Waals surface area contributed by atoms with Gasteiger partial charge >= 0.3 is 0 Å². The number of methoxy groups -OCH3 is 1. The smallest absolute Gasteiger partial charge is 0.260 e. The Bertz CT molecular complexity index is 1020. The lowest BCUT2D eigenvalue weighted by molar-refractivity contribution is -0.135. The summed E-state index contributed by atoms with van der Waals surface area (Å²) >= 11 is 0. The molecular formula is C22H23FN4O4. The summed E-state index contributed by atoms with van der Waals surface area (Å²) in [5.74, 6) is 1.80. The Morgan fingerprint density at radius 3 is 2.61 bits per heavy atom. The van der Waals surface area contributed by atoms with Gasteiger partial charge in [-0.15, -0.1) is 0 Å². The Labute approximate surface area is 179 Å². The van der Waals surface area contributed by atoms with Gasteiger partial charge in [-0.3, -0.25) is 9.69 Å². The zero-order valence-electron chi connectivity index (χ0n) is 17.2. The number of ether oxygens (including phenoxy) is 2. The third-order valence-electron chi connectivity index (χ3n) is 5.06. The molecule has 1 fully saturated rings. The molecule has 0 radical (unpaired) electrons. The topological polar surface area (TPSA) is 80.9 Å². The van der Waals surface area contributed by atoms with Crippen molar-refractivity contribution in [2.75, 3.05) is 39.9 Å². The molecule has 0 spiro atoms. The summed E-state index contributed by atoms with van der Waals surface area (Å²) in [6, 6.07) is 13.1. The molecule has 0 bridgehead atoms. The monoisotopic (exact) mass is 426 g/mol. The second kappa shape index (κ2) is 9.57. The normalized spacial score (nSPS) is 14.5. The molecule has 31 heavy (non-hydrogen) atoms. The lowest BCUT2D eigenvalue weighted by Crippen LogP contribution is -2.49. The lowest BCUT2D eigenvalue weighted by Gasteiger charge is -2.33. The summed E-state index contributed by atoms with van der Waals surface area (Å²) in [6.45, 7) is 3.01. The van der Waals surface area contributed by atoms with Gasteiger partial charge in [0.1, 0.15) is 17.3 Å². The van der Waals surface area contributed by atoms with Gasteiger partial charge in [-0.05, 0) is 36.4 Å². The van der Waals surface area contributed by atoms with E-state index >= 15 is 0 Å². The molecule has 4 rings (SSSR count). The van der Waals surface area contributed by atoms with Crippen LogP contribution in [0.5, 0.6) is 11.5 Å². The molecule has 162 valence electrons. The number of carbonyl (C=O) groups excluding carboxylic acids is 1. The second-order valence-corrected chi connectivity index (χ2v) is 7.14. The van der Waals surface area contributed by atoms with Gasteiger partial charge in [0.15, 0.2) is 6.61 Å². The van der Waals surface area contributed by atoms with Crippen LogP contribution in [-0.2, 0) is 11.3 Å². The van der Waals surface area contributed by atoms with Crippen molar-refractivity contribution >= 4 is 5.91 Å². The summed E-state index contributed by atoms with van der Waals surface area (Å²) in [4.78, 5) is 20.8. The maximum Gasteiger partial charge on any atom is 0.260 e. The number of benzene rings is 2. The second-order valence-electron chi connectivity index (χ2n) is 7.14. The standard InChI is InChI=1S/C22H23FN4O4/c1-29-19-4-2-3-16(13-19)22-24-20(31-25-22)14-26-9-11-27(12-10-26)21(28)15-30-18-7-5-17(23)6-8-18/h2-8,13H,9-12,14-15H2,1H3. The van der Waals surface area contributed by atoms with Crippen molar-refractivity contribution in [2.45, 2.75) is 6.54 Å². The van der Waals surface area contributed by atoms with Crippen molar-refractivity contribution in [1.82, 2.24) is 19.9 Å². The molecule has 2 aromatic carbocycles. The SMILES string of the molecule is COc1cccc(-c2noc(CN3CCN(C(=O)COc4ccc(F)cc4)CC3)n2)c1. The first-order chi connectivity index (χ1) is 15.1. The highest BCUT2D eigenvalue weighted by Gasteiger charge is 2.23. The molecule has 9 heteroatoms. The van der Waals surface area contributed by atoms with Crippen LogP contribution >= 0.6 is 0 Å². The van der Waals surface area contributed by atoms with E-state index in [-0.39, 0.29) is 18.3 Å². The molecule has 1 saturated heterocycles. The Balaban J connectivity index is 1.25. The molecule has 3 aromatic rings. The molecule has 1 amide bonds. The highest BCUT2D eigenvalue weighted by molar-refractivity contribution is 5.77. The summed E-state index contributed by atoms with van der Waals surface area (Å²) < 4.78 is 29.0. The van der Waals surface area contributed by atoms with Crippen LogP contribution in [0.15, 0.2) is 53.1 Å². The molecule has 2 heterocycles. The number of piperazine rings is 1. The number of rotatable bonds is 7. The van der Waals surface area contributed by atoms with Crippen LogP contribution in [0.1, 0.15) is 5.89 Å². The number of hydrogen-bond donors (Lipinski definition) is 0. The fourth-order valence-electron chi connectivity index (χ4n) is 3.31. The highest BCUT2D eigenvalue weighted by Crippen LogP contribution is 2.21. The molecule has 0 aliphatic carbocycles. The van der Waals surface area contributed by atoms with Crippen LogP contribution in [0.3, 0.4) is 0 Å². The van der Waals surface area contributed by atoms with Gasteiger partial charge < -0.3 is 18.9 Å². The van der Waals surface area contributed by atoms with Gasteiger partial charge in [-0.2, -0.15) is 4.98 Å². The largest absolute Gasteiger partial charge is 0.497 e. The van der Waals surface area contributed by atoms with Crippen molar-refractivity contribution < 1.29 is 23.2 Å². The minimum absolute atomic E-state index is 0.0702. The molecule has 0 atom stereocenters. The number of carbonyl (C=O) groups is 1. The third kappa shape index (κ3) is 5.37. The fraction of sp³-hybridized carbons (Fsp3) is 0.318. The zero-order valence-corrected chi connectivity index (χ0v) is 17.2. The average molecular weight is 426 g/mol. The maximum absolute atomic E-state index is 12.9. The molecule has 1 aliphatic rings. The van der Waals surface area contributed by atoms with Crippen molar-refractivity contribution in [3.8, 4) is 22.9 Å². The molecule has 8 nitrogen and oxygen atoms in total. The summed E-state index contributed by atoms with van der Waals surface area (Å²) in [7, 11) is 1.61. The first kappa shape index (κ1) is 20.8. The Kier molecular flexibility index (Phi) is 6.42. The van der Waals surface area contributed by atoms with E-state index in [1.165, 1.54) is 24.3 Å². The van der Waals surface area contributed by atoms with Gasteiger partial charge in [0.25, 0.3) is 5.91 Å². The van der Waals surface area contributed by atoms with Gasteiger partial charge in [0, 0.05) is 31.7 Å². The Morgan fingerprint density at radius 2 is 1.87 bits per heavy atom. The lowest BCUT2D eigenvalue weighted by atomic mass is 10.2. The predicted molar refractivity (Wildman–Crippen MR) is 110 cm³/mol. The van der Waals surface area contributed by atoms with E-state index in [0.717, 1.165) is 11.3 Å². The number of aromatic nitrogens is 2. The van der Waals surface area contributed by atoms with Crippen LogP contribution in [0, 0.1) is 5.82 Å². The minimum Gasteiger partial charge on any atom is -0.497 e. The van der Waals surface area contributed by atoms with Crippen molar-refractivity contribution in [1.29, 1.82) is 0 Å². The van der Waals surface area contributed by atoms with Crippen LogP contribution in [-0.4, -0.2) is 65.7 Å². The third-order valence-corrected chi connectivity index (χ3v) is 5.06. The van der Waals surface area contributed by atoms with Crippen LogP contribution in [0.4, 0.5) is 4.39 Å². The summed E-state index contributed by atoms with van der Waals surface area (Å²) in [5, 5.41) is 4.06. The Hall–Kier alpha value is -3.46. The quantitative estimate of drug-likeness (QED) is 0.574. The zero-order chi connectivity index (χ0) is 21.6. The number of halogens is 1. The molecule has 0 saturated carbocycles. The van der Waals surface area contributed by atoms with Gasteiger partial charge in [-0.1, -0.05) is 17.3 Å². The maximum atomic E-state index is 12.9. The Morgan fingerprint density at radius 1 is 1.10 bits per heavy atom. The number of amides is 1. The van der Waals surface area contributed by atoms with E-state index < -0.39 is 0 Å². The fourth-order valence-corrected chi connectivity index (χ4v) is 3.31. The first-order valence-corrected chi connectivity index (χ1v) is 9.96. The van der Waals surface area contributed by atoms with Crippen molar-refractivity contribution in [3.05, 3.63) is 60.2 Å². The predicted octanol–water partition coefficient (Wildman–Crippen LogP) is 2.61. The van der Waals surface area contributed by atoms with Crippen LogP contribution < -0.4 is 9.47 Å². The molecule has 1 aliphatic heterocycles. The first-order valence-electron chi connectivity index (χ1n) is 9.96. The molecule has 0 N–H and O–H groups in total. The number of nitrogens with zero attached hydrogens (tertiary/aromatic N) is 4. The molecular weight excluding hydrogens is 403 g/mol. The van der Waals surface area contributed by atoms with Gasteiger partial charge in [0.2, 0.25) is 11.7 Å². The highest BCUT2D eigenvalue weighted by atomic mass is 19.1. The summed E-state index contributed by atoms with van der Waals surface area (Å²) in [6.07, 6.45) is 0. The van der Waals surface area contributed by atoms with Crippen molar-refractivity contribution in [3.63, 3.8) is 0 Å². The molecule has 1 aromatic heterocycles. The molecule has 0 unspecified atom stereocenters. The van der Waals surface area contributed by atoms with Gasteiger partial charge in [0.05, 0.1) is 13.7 Å². The minimum atomic E-state index is -0.341. The van der Waals surface area contributed by atoms with E-state index in [0.29, 0.717) is 50.2 Å². The van der Waals surface area contributed by atoms with E-state index in [4.69, 9.17) is 14.0 Å². The van der Waals surface area contributed by atoms with E-state index in [9.17, 15) is 9.18 Å². The summed E-state index contributed by atoms with van der Waals surface area (Å²) in [5.41, 5.74) is 0.825. The van der Waals surface area contributed by atoms with Crippen molar-refractivity contribution in [2.24, 2.45) is 0 Å². The van der Waals surface area contributed by atoms with Crippen LogP contribution in [0.25, 0.3) is 11.4 Å².